The third-order valence-corrected chi connectivity index (χ3v) is 4.29. The van der Waals surface area contributed by atoms with Crippen LogP contribution >= 0.6 is 0 Å². The third-order valence-electron chi connectivity index (χ3n) is 2.99. The Balaban J connectivity index is 2.32. The lowest BCUT2D eigenvalue weighted by atomic mass is 10.0. The molecule has 1 aliphatic rings. The van der Waals surface area contributed by atoms with E-state index in [1.165, 1.54) is 0 Å². The Morgan fingerprint density at radius 2 is 2.33 bits per heavy atom. The van der Waals surface area contributed by atoms with Crippen LogP contribution in [0.15, 0.2) is 0 Å². The van der Waals surface area contributed by atoms with Crippen LogP contribution in [0.4, 0.5) is 0 Å². The first-order valence-corrected chi connectivity index (χ1v) is 6.97. The Bertz CT molecular complexity index is 258. The zero-order valence-corrected chi connectivity index (χ0v) is 10.4. The predicted octanol–water partition coefficient (Wildman–Crippen LogP) is -0.132. The summed E-state index contributed by atoms with van der Waals surface area (Å²) in [6, 6.07) is 0.257. The molecule has 4 nitrogen and oxygen atoms in total. The van der Waals surface area contributed by atoms with Crippen LogP contribution in [0, 0.1) is 5.92 Å². The second kappa shape index (κ2) is 5.61. The molecule has 5 heteroatoms. The van der Waals surface area contributed by atoms with Crippen molar-refractivity contribution in [3.05, 3.63) is 0 Å². The smallest absolute Gasteiger partial charge is 0.224 e. The van der Waals surface area contributed by atoms with Gasteiger partial charge in [0.05, 0.1) is 5.92 Å². The molecule has 0 bridgehead atoms. The van der Waals surface area contributed by atoms with E-state index in [9.17, 15) is 9.00 Å². The average Bonchev–Trinajstić information content (AvgIpc) is 2.60. The molecular formula is C10H20N2O2S. The van der Waals surface area contributed by atoms with E-state index in [0.29, 0.717) is 6.54 Å². The minimum absolute atomic E-state index is 0.0265. The average molecular weight is 232 g/mol. The largest absolute Gasteiger partial charge is 0.355 e. The van der Waals surface area contributed by atoms with E-state index in [1.54, 1.807) is 6.26 Å². The molecule has 0 aromatic rings. The molecule has 0 spiro atoms. The summed E-state index contributed by atoms with van der Waals surface area (Å²) in [5, 5.41) is 6.13. The monoisotopic (exact) mass is 232 g/mol. The van der Waals surface area contributed by atoms with E-state index >= 15 is 0 Å². The molecule has 1 heterocycles. The van der Waals surface area contributed by atoms with Crippen molar-refractivity contribution in [1.82, 2.24) is 10.6 Å². The Morgan fingerprint density at radius 1 is 1.67 bits per heavy atom. The van der Waals surface area contributed by atoms with Gasteiger partial charge in [-0.3, -0.25) is 9.00 Å². The molecule has 1 aliphatic heterocycles. The van der Waals surface area contributed by atoms with Gasteiger partial charge in [0, 0.05) is 34.9 Å². The predicted molar refractivity (Wildman–Crippen MR) is 62.1 cm³/mol. The fourth-order valence-corrected chi connectivity index (χ4v) is 2.03. The normalized spacial score (nSPS) is 29.8. The van der Waals surface area contributed by atoms with Crippen molar-refractivity contribution in [2.24, 2.45) is 5.92 Å². The Labute approximate surface area is 93.7 Å². The number of carbonyl (C=O) groups excluding carboxylic acids is 1. The van der Waals surface area contributed by atoms with Crippen molar-refractivity contribution in [3.8, 4) is 0 Å². The lowest BCUT2D eigenvalue weighted by molar-refractivity contribution is -0.125. The molecule has 0 aliphatic carbocycles. The lowest BCUT2D eigenvalue weighted by Gasteiger charge is -2.16. The molecule has 1 amide bonds. The van der Waals surface area contributed by atoms with Gasteiger partial charge in [-0.2, -0.15) is 0 Å². The number of hydrogen-bond acceptors (Lipinski definition) is 3. The molecule has 2 N–H and O–H groups in total. The molecular weight excluding hydrogens is 212 g/mol. The van der Waals surface area contributed by atoms with Crippen LogP contribution in [0.5, 0.6) is 0 Å². The van der Waals surface area contributed by atoms with E-state index in [-0.39, 0.29) is 23.1 Å². The summed E-state index contributed by atoms with van der Waals surface area (Å²) in [4.78, 5) is 11.7. The lowest BCUT2D eigenvalue weighted by Crippen LogP contribution is -2.40. The highest BCUT2D eigenvalue weighted by molar-refractivity contribution is 7.84. The van der Waals surface area contributed by atoms with Gasteiger partial charge >= 0.3 is 0 Å². The van der Waals surface area contributed by atoms with E-state index < -0.39 is 10.8 Å². The van der Waals surface area contributed by atoms with Crippen LogP contribution in [0.2, 0.25) is 0 Å². The van der Waals surface area contributed by atoms with Crippen molar-refractivity contribution >= 4 is 16.7 Å². The Morgan fingerprint density at radius 3 is 2.80 bits per heavy atom. The first kappa shape index (κ1) is 12.6. The van der Waals surface area contributed by atoms with E-state index in [2.05, 4.69) is 10.6 Å². The van der Waals surface area contributed by atoms with Gasteiger partial charge in [-0.1, -0.05) is 0 Å². The number of rotatable bonds is 4. The van der Waals surface area contributed by atoms with Crippen LogP contribution in [0.1, 0.15) is 20.3 Å². The van der Waals surface area contributed by atoms with Crippen molar-refractivity contribution in [1.29, 1.82) is 0 Å². The SMILES string of the molecule is CC1NCCC1C(=O)NCC(C)S(C)=O. The van der Waals surface area contributed by atoms with Crippen LogP contribution in [-0.4, -0.2) is 40.8 Å². The zero-order chi connectivity index (χ0) is 11.4. The van der Waals surface area contributed by atoms with Gasteiger partial charge in [-0.25, -0.2) is 0 Å². The first-order valence-electron chi connectivity index (χ1n) is 5.35. The summed E-state index contributed by atoms with van der Waals surface area (Å²) in [5.74, 6) is 0.160. The van der Waals surface area contributed by atoms with Crippen LogP contribution in [0.25, 0.3) is 0 Å². The van der Waals surface area contributed by atoms with E-state index in [4.69, 9.17) is 0 Å². The van der Waals surface area contributed by atoms with Gasteiger partial charge < -0.3 is 10.6 Å². The van der Waals surface area contributed by atoms with Crippen molar-refractivity contribution in [2.75, 3.05) is 19.3 Å². The second-order valence-corrected chi connectivity index (χ2v) is 5.99. The van der Waals surface area contributed by atoms with Gasteiger partial charge in [0.2, 0.25) is 5.91 Å². The Kier molecular flexibility index (Phi) is 4.73. The summed E-state index contributed by atoms with van der Waals surface area (Å²) in [7, 11) is -0.867. The van der Waals surface area contributed by atoms with Crippen molar-refractivity contribution in [3.63, 3.8) is 0 Å². The summed E-state index contributed by atoms with van der Waals surface area (Å²) >= 11 is 0. The molecule has 1 fully saturated rings. The highest BCUT2D eigenvalue weighted by Crippen LogP contribution is 2.14. The van der Waals surface area contributed by atoms with Crippen molar-refractivity contribution in [2.45, 2.75) is 31.6 Å². The maximum Gasteiger partial charge on any atom is 0.224 e. The number of nitrogens with one attached hydrogen (secondary N) is 2. The molecule has 4 atom stereocenters. The maximum atomic E-state index is 11.7. The first-order chi connectivity index (χ1) is 7.02. The van der Waals surface area contributed by atoms with Gasteiger partial charge in [-0.05, 0) is 26.8 Å². The molecule has 0 radical (unpaired) electrons. The molecule has 4 unspecified atom stereocenters. The number of hydrogen-bond donors (Lipinski definition) is 2. The molecule has 0 aromatic carbocycles. The summed E-state index contributed by atoms with van der Waals surface area (Å²) < 4.78 is 11.1. The highest BCUT2D eigenvalue weighted by Gasteiger charge is 2.29. The summed E-state index contributed by atoms with van der Waals surface area (Å²) in [6.07, 6.45) is 2.56. The molecule has 0 aromatic heterocycles. The quantitative estimate of drug-likeness (QED) is 0.710. The fourth-order valence-electron chi connectivity index (χ4n) is 1.71. The van der Waals surface area contributed by atoms with E-state index in [1.807, 2.05) is 13.8 Å². The van der Waals surface area contributed by atoms with E-state index in [0.717, 1.165) is 13.0 Å². The molecule has 0 saturated carbocycles. The molecule has 1 saturated heterocycles. The van der Waals surface area contributed by atoms with Gasteiger partial charge in [0.1, 0.15) is 0 Å². The van der Waals surface area contributed by atoms with Crippen LogP contribution < -0.4 is 10.6 Å². The van der Waals surface area contributed by atoms with Crippen LogP contribution in [0.3, 0.4) is 0 Å². The number of amides is 1. The topological polar surface area (TPSA) is 58.2 Å². The third kappa shape index (κ3) is 3.57. The minimum atomic E-state index is -0.867. The highest BCUT2D eigenvalue weighted by atomic mass is 32.2. The fraction of sp³-hybridized carbons (Fsp3) is 0.900. The van der Waals surface area contributed by atoms with Gasteiger partial charge in [0.15, 0.2) is 0 Å². The Hall–Kier alpha value is -0.420. The molecule has 1 rings (SSSR count). The standard InChI is InChI=1S/C10H20N2O2S/c1-7(15(3)14)6-12-10(13)9-4-5-11-8(9)2/h7-9,11H,4-6H2,1-3H3,(H,12,13). The zero-order valence-electron chi connectivity index (χ0n) is 9.58. The minimum Gasteiger partial charge on any atom is -0.355 e. The second-order valence-electron chi connectivity index (χ2n) is 4.19. The van der Waals surface area contributed by atoms with Crippen molar-refractivity contribution < 1.29 is 9.00 Å². The summed E-state index contributed by atoms with van der Waals surface area (Å²) in [6.45, 7) is 5.32. The van der Waals surface area contributed by atoms with Gasteiger partial charge in [0.25, 0.3) is 0 Å². The van der Waals surface area contributed by atoms with Crippen LogP contribution in [-0.2, 0) is 15.6 Å². The summed E-state index contributed by atoms with van der Waals surface area (Å²) in [5.41, 5.74) is 0. The van der Waals surface area contributed by atoms with Gasteiger partial charge in [-0.15, -0.1) is 0 Å². The molecule has 15 heavy (non-hydrogen) atoms. The maximum absolute atomic E-state index is 11.7. The molecule has 88 valence electrons. The number of carbonyl (C=O) groups is 1.